The summed E-state index contributed by atoms with van der Waals surface area (Å²) in [6.07, 6.45) is 1.42. The molecule has 5 nitrogen and oxygen atoms in total. The fourth-order valence-electron chi connectivity index (χ4n) is 2.69. The van der Waals surface area contributed by atoms with Gasteiger partial charge in [0.05, 0.1) is 12.6 Å². The van der Waals surface area contributed by atoms with E-state index in [1.54, 1.807) is 0 Å². The molecule has 0 fully saturated rings. The molecule has 0 saturated heterocycles. The maximum Gasteiger partial charge on any atom is 0.261 e. The van der Waals surface area contributed by atoms with Crippen LogP contribution in [0.4, 0.5) is 0 Å². The number of carbonyl (C=O) groups excluding carboxylic acids is 1. The number of aliphatic hydroxyl groups is 2. The Kier molecular flexibility index (Phi) is 8.12. The van der Waals surface area contributed by atoms with E-state index in [4.69, 9.17) is 9.84 Å². The Morgan fingerprint density at radius 1 is 1.08 bits per heavy atom. The van der Waals surface area contributed by atoms with Gasteiger partial charge >= 0.3 is 0 Å². The summed E-state index contributed by atoms with van der Waals surface area (Å²) in [4.78, 5) is 12.6. The van der Waals surface area contributed by atoms with Gasteiger partial charge in [0, 0.05) is 6.61 Å². The minimum absolute atomic E-state index is 0.170. The Bertz CT molecular complexity index is 657. The zero-order valence-electron chi connectivity index (χ0n) is 15.1. The predicted molar refractivity (Wildman–Crippen MR) is 101 cm³/mol. The second kappa shape index (κ2) is 10.6. The van der Waals surface area contributed by atoms with Crippen molar-refractivity contribution in [1.29, 1.82) is 0 Å². The molecule has 0 aliphatic rings. The molecule has 2 rings (SSSR count). The lowest BCUT2D eigenvalue weighted by Crippen LogP contribution is -2.41. The third kappa shape index (κ3) is 5.86. The molecule has 3 N–H and O–H groups in total. The summed E-state index contributed by atoms with van der Waals surface area (Å²) in [6.45, 7) is 1.88. The molecule has 0 aromatic heterocycles. The van der Waals surface area contributed by atoms with Crippen LogP contribution in [0.25, 0.3) is 0 Å². The van der Waals surface area contributed by atoms with Gasteiger partial charge in [-0.25, -0.2) is 0 Å². The lowest BCUT2D eigenvalue weighted by molar-refractivity contribution is -0.129. The van der Waals surface area contributed by atoms with E-state index < -0.39 is 12.1 Å². The average Bonchev–Trinajstić information content (AvgIpc) is 2.70. The van der Waals surface area contributed by atoms with Crippen molar-refractivity contribution in [2.24, 2.45) is 0 Å². The van der Waals surface area contributed by atoms with Gasteiger partial charge in [0.2, 0.25) is 0 Å². The van der Waals surface area contributed by atoms with Gasteiger partial charge in [0.25, 0.3) is 5.91 Å². The number of aliphatic hydroxyl groups excluding tert-OH is 2. The van der Waals surface area contributed by atoms with E-state index >= 15 is 0 Å². The van der Waals surface area contributed by atoms with Crippen LogP contribution in [-0.4, -0.2) is 35.4 Å². The lowest BCUT2D eigenvalue weighted by atomic mass is 10.1. The third-order valence-corrected chi connectivity index (χ3v) is 4.19. The van der Waals surface area contributed by atoms with Crippen molar-refractivity contribution in [3.05, 3.63) is 65.7 Å². The Balaban J connectivity index is 1.97. The van der Waals surface area contributed by atoms with E-state index in [0.717, 1.165) is 24.0 Å². The van der Waals surface area contributed by atoms with Crippen molar-refractivity contribution in [2.75, 3.05) is 13.2 Å². The van der Waals surface area contributed by atoms with Crippen LogP contribution in [0.15, 0.2) is 54.6 Å². The maximum atomic E-state index is 12.6. The second-order valence-corrected chi connectivity index (χ2v) is 6.14. The van der Waals surface area contributed by atoms with Gasteiger partial charge in [-0.1, -0.05) is 49.4 Å². The third-order valence-electron chi connectivity index (χ3n) is 4.19. The quantitative estimate of drug-likeness (QED) is 0.611. The highest BCUT2D eigenvalue weighted by atomic mass is 16.5. The van der Waals surface area contributed by atoms with Crippen molar-refractivity contribution in [3.63, 3.8) is 0 Å². The van der Waals surface area contributed by atoms with E-state index in [1.807, 2.05) is 61.5 Å². The van der Waals surface area contributed by atoms with Crippen LogP contribution in [0, 0.1) is 0 Å². The molecule has 5 heteroatoms. The molecule has 0 aliphatic heterocycles. The number of ether oxygens (including phenoxy) is 1. The summed E-state index contributed by atoms with van der Waals surface area (Å²) >= 11 is 0. The number of hydrogen-bond acceptors (Lipinski definition) is 4. The van der Waals surface area contributed by atoms with E-state index in [2.05, 4.69) is 5.32 Å². The van der Waals surface area contributed by atoms with Crippen molar-refractivity contribution in [2.45, 2.75) is 38.3 Å². The van der Waals surface area contributed by atoms with Gasteiger partial charge in [-0.3, -0.25) is 4.79 Å². The highest BCUT2D eigenvalue weighted by molar-refractivity contribution is 5.81. The first-order valence-electron chi connectivity index (χ1n) is 9.00. The molecule has 0 radical (unpaired) electrons. The summed E-state index contributed by atoms with van der Waals surface area (Å²) in [5.41, 5.74) is 1.97. The number of carbonyl (C=O) groups is 1. The molecule has 2 atom stereocenters. The molecule has 1 amide bonds. The van der Waals surface area contributed by atoms with Crippen LogP contribution in [0.5, 0.6) is 5.75 Å². The van der Waals surface area contributed by atoms with Crippen molar-refractivity contribution < 1.29 is 19.7 Å². The van der Waals surface area contributed by atoms with Gasteiger partial charge in [-0.05, 0) is 42.5 Å². The number of hydrogen-bond donors (Lipinski definition) is 3. The summed E-state index contributed by atoms with van der Waals surface area (Å²) < 4.78 is 5.82. The van der Waals surface area contributed by atoms with Gasteiger partial charge in [0.15, 0.2) is 6.10 Å². The highest BCUT2D eigenvalue weighted by Crippen LogP contribution is 2.17. The zero-order chi connectivity index (χ0) is 18.8. The molecule has 140 valence electrons. The predicted octanol–water partition coefficient (Wildman–Crippen LogP) is 2.62. The summed E-state index contributed by atoms with van der Waals surface area (Å²) in [5, 5.41) is 21.3. The number of rotatable bonds is 10. The van der Waals surface area contributed by atoms with Crippen molar-refractivity contribution >= 4 is 5.91 Å². The number of amides is 1. The van der Waals surface area contributed by atoms with Gasteiger partial charge in [-0.2, -0.15) is 0 Å². The smallest absolute Gasteiger partial charge is 0.261 e. The number of aryl methyl sites for hydroxylation is 1. The maximum absolute atomic E-state index is 12.6. The zero-order valence-corrected chi connectivity index (χ0v) is 15.1. The fourth-order valence-corrected chi connectivity index (χ4v) is 2.69. The SMILES string of the molecule is CCC(Oc1ccc(CCCO)cc1)C(=O)N[C@@H](CO)c1ccccc1. The molecule has 0 saturated carbocycles. The van der Waals surface area contributed by atoms with Crippen LogP contribution >= 0.6 is 0 Å². The van der Waals surface area contributed by atoms with Crippen LogP contribution in [0.1, 0.15) is 36.9 Å². The molecule has 26 heavy (non-hydrogen) atoms. The van der Waals surface area contributed by atoms with Gasteiger partial charge in [-0.15, -0.1) is 0 Å². The lowest BCUT2D eigenvalue weighted by Gasteiger charge is -2.22. The number of benzene rings is 2. The molecule has 0 spiro atoms. The molecule has 0 aliphatic carbocycles. The normalized spacial score (nSPS) is 13.0. The molecule has 0 heterocycles. The monoisotopic (exact) mass is 357 g/mol. The summed E-state index contributed by atoms with van der Waals surface area (Å²) in [7, 11) is 0. The topological polar surface area (TPSA) is 78.8 Å². The fraction of sp³-hybridized carbons (Fsp3) is 0.381. The first kappa shape index (κ1) is 19.9. The first-order valence-corrected chi connectivity index (χ1v) is 9.00. The minimum atomic E-state index is -0.629. The molecular weight excluding hydrogens is 330 g/mol. The van der Waals surface area contributed by atoms with Crippen molar-refractivity contribution in [1.82, 2.24) is 5.32 Å². The van der Waals surface area contributed by atoms with Gasteiger partial charge in [0.1, 0.15) is 5.75 Å². The van der Waals surface area contributed by atoms with E-state index in [0.29, 0.717) is 12.2 Å². The summed E-state index contributed by atoms with van der Waals surface area (Å²) in [5.74, 6) is 0.375. The molecular formula is C21H27NO4. The standard InChI is InChI=1S/C21H27NO4/c1-2-20(26-18-12-10-16(11-13-18)7-6-14-23)21(25)22-19(15-24)17-8-4-3-5-9-17/h3-5,8-13,19-20,23-24H,2,6-7,14-15H2,1H3,(H,22,25)/t19-,20?/m0/s1. The molecule has 0 bridgehead atoms. The Morgan fingerprint density at radius 3 is 2.35 bits per heavy atom. The largest absolute Gasteiger partial charge is 0.481 e. The van der Waals surface area contributed by atoms with E-state index in [-0.39, 0.29) is 19.1 Å². The van der Waals surface area contributed by atoms with Crippen molar-refractivity contribution in [3.8, 4) is 5.75 Å². The van der Waals surface area contributed by atoms with Crippen LogP contribution in [0.3, 0.4) is 0 Å². The second-order valence-electron chi connectivity index (χ2n) is 6.14. The van der Waals surface area contributed by atoms with Gasteiger partial charge < -0.3 is 20.3 Å². The Morgan fingerprint density at radius 2 is 1.77 bits per heavy atom. The molecule has 2 aromatic rings. The Labute approximate surface area is 154 Å². The van der Waals surface area contributed by atoms with E-state index in [1.165, 1.54) is 0 Å². The van der Waals surface area contributed by atoms with Crippen LogP contribution < -0.4 is 10.1 Å². The van der Waals surface area contributed by atoms with Crippen LogP contribution in [-0.2, 0) is 11.2 Å². The first-order chi connectivity index (χ1) is 12.7. The minimum Gasteiger partial charge on any atom is -0.481 e. The molecule has 1 unspecified atom stereocenters. The number of nitrogens with one attached hydrogen (secondary N) is 1. The Hall–Kier alpha value is -2.37. The van der Waals surface area contributed by atoms with E-state index in [9.17, 15) is 9.90 Å². The summed E-state index contributed by atoms with van der Waals surface area (Å²) in [6, 6.07) is 16.5. The average molecular weight is 357 g/mol. The van der Waals surface area contributed by atoms with Crippen LogP contribution in [0.2, 0.25) is 0 Å². The molecule has 2 aromatic carbocycles. The highest BCUT2D eigenvalue weighted by Gasteiger charge is 2.22.